The molecule has 0 aliphatic carbocycles. The number of halogens is 1. The predicted octanol–water partition coefficient (Wildman–Crippen LogP) is 2.69. The van der Waals surface area contributed by atoms with E-state index in [1.807, 2.05) is 26.8 Å². The molecule has 1 fully saturated rings. The molecule has 2 heterocycles. The highest BCUT2D eigenvalue weighted by atomic mass is 35.5. The highest BCUT2D eigenvalue weighted by Gasteiger charge is 2.29. The Kier molecular flexibility index (Phi) is 5.88. The highest BCUT2D eigenvalue weighted by Crippen LogP contribution is 2.24. The Hall–Kier alpha value is -1.90. The first kappa shape index (κ1) is 19.9. The first-order valence-electron chi connectivity index (χ1n) is 8.92. The average molecular weight is 410 g/mol. The molecule has 0 amide bonds. The third-order valence-corrected chi connectivity index (χ3v) is 6.82. The molecule has 0 saturated carbocycles. The lowest BCUT2D eigenvalue weighted by Gasteiger charge is -2.34. The maximum absolute atomic E-state index is 12.9. The van der Waals surface area contributed by atoms with Crippen LogP contribution in [0.15, 0.2) is 29.2 Å². The van der Waals surface area contributed by atoms with Crippen LogP contribution in [-0.4, -0.2) is 55.4 Å². The Balaban J connectivity index is 1.74. The van der Waals surface area contributed by atoms with E-state index in [0.717, 1.165) is 23.6 Å². The van der Waals surface area contributed by atoms with Crippen LogP contribution in [0, 0.1) is 13.8 Å². The van der Waals surface area contributed by atoms with Gasteiger partial charge in [-0.15, -0.1) is 0 Å². The minimum absolute atomic E-state index is 0.235. The van der Waals surface area contributed by atoms with Crippen molar-refractivity contribution in [1.29, 1.82) is 0 Å². The summed E-state index contributed by atoms with van der Waals surface area (Å²) < 4.78 is 27.3. The third-order valence-electron chi connectivity index (χ3n) is 4.52. The molecule has 1 N–H and O–H groups in total. The van der Waals surface area contributed by atoms with Crippen molar-refractivity contribution in [2.75, 3.05) is 42.9 Å². The monoisotopic (exact) mass is 409 g/mol. The summed E-state index contributed by atoms with van der Waals surface area (Å²) in [6, 6.07) is 6.79. The second-order valence-electron chi connectivity index (χ2n) is 6.52. The molecule has 7 nitrogen and oxygen atoms in total. The molecule has 0 unspecified atom stereocenters. The van der Waals surface area contributed by atoms with Crippen LogP contribution >= 0.6 is 11.6 Å². The van der Waals surface area contributed by atoms with E-state index >= 15 is 0 Å². The van der Waals surface area contributed by atoms with Crippen molar-refractivity contribution in [2.24, 2.45) is 0 Å². The van der Waals surface area contributed by atoms with Gasteiger partial charge in [0, 0.05) is 49.5 Å². The van der Waals surface area contributed by atoms with E-state index in [2.05, 4.69) is 20.2 Å². The van der Waals surface area contributed by atoms with Crippen molar-refractivity contribution in [1.82, 2.24) is 14.3 Å². The molecule has 0 spiro atoms. The Morgan fingerprint density at radius 3 is 2.44 bits per heavy atom. The minimum atomic E-state index is -3.55. The van der Waals surface area contributed by atoms with E-state index in [0.29, 0.717) is 37.1 Å². The fourth-order valence-electron chi connectivity index (χ4n) is 2.99. The molecule has 1 saturated heterocycles. The maximum Gasteiger partial charge on any atom is 0.243 e. The van der Waals surface area contributed by atoms with Crippen LogP contribution in [-0.2, 0) is 10.0 Å². The van der Waals surface area contributed by atoms with Crippen LogP contribution in [0.3, 0.4) is 0 Å². The van der Waals surface area contributed by atoms with Gasteiger partial charge in [-0.3, -0.25) is 0 Å². The number of aromatic nitrogens is 2. The smallest absolute Gasteiger partial charge is 0.243 e. The Labute approximate surface area is 165 Å². The van der Waals surface area contributed by atoms with Crippen molar-refractivity contribution < 1.29 is 8.42 Å². The molecule has 146 valence electrons. The molecule has 0 bridgehead atoms. The van der Waals surface area contributed by atoms with E-state index in [1.165, 1.54) is 10.4 Å². The van der Waals surface area contributed by atoms with Gasteiger partial charge in [-0.1, -0.05) is 17.7 Å². The van der Waals surface area contributed by atoms with Gasteiger partial charge < -0.3 is 10.2 Å². The molecule has 3 rings (SSSR count). The summed E-state index contributed by atoms with van der Waals surface area (Å²) in [5.41, 5.74) is 1.73. The van der Waals surface area contributed by atoms with Crippen molar-refractivity contribution in [3.05, 3.63) is 40.5 Å². The van der Waals surface area contributed by atoms with E-state index in [1.54, 1.807) is 12.1 Å². The van der Waals surface area contributed by atoms with Crippen molar-refractivity contribution in [2.45, 2.75) is 25.7 Å². The number of piperazine rings is 1. The van der Waals surface area contributed by atoms with Gasteiger partial charge in [0.05, 0.1) is 4.90 Å². The van der Waals surface area contributed by atoms with Gasteiger partial charge in [0.1, 0.15) is 5.82 Å². The molecule has 1 aliphatic rings. The van der Waals surface area contributed by atoms with Crippen molar-refractivity contribution in [3.8, 4) is 0 Å². The number of aryl methyl sites for hydroxylation is 2. The van der Waals surface area contributed by atoms with Gasteiger partial charge in [0.2, 0.25) is 16.0 Å². The van der Waals surface area contributed by atoms with Crippen LogP contribution in [0.4, 0.5) is 11.8 Å². The molecule has 1 aromatic carbocycles. The quantitative estimate of drug-likeness (QED) is 0.817. The lowest BCUT2D eigenvalue weighted by Crippen LogP contribution is -2.49. The van der Waals surface area contributed by atoms with Crippen molar-refractivity contribution >= 4 is 33.4 Å². The summed E-state index contributed by atoms with van der Waals surface area (Å²) in [7, 11) is -3.55. The first-order chi connectivity index (χ1) is 12.8. The predicted molar refractivity (Wildman–Crippen MR) is 108 cm³/mol. The summed E-state index contributed by atoms with van der Waals surface area (Å²) in [5, 5.41) is 3.58. The van der Waals surface area contributed by atoms with Gasteiger partial charge in [0.25, 0.3) is 0 Å². The molecule has 1 aliphatic heterocycles. The van der Waals surface area contributed by atoms with Gasteiger partial charge in [-0.2, -0.15) is 9.29 Å². The van der Waals surface area contributed by atoms with Crippen molar-refractivity contribution in [3.63, 3.8) is 0 Å². The summed E-state index contributed by atoms with van der Waals surface area (Å²) in [4.78, 5) is 11.2. The zero-order chi connectivity index (χ0) is 19.6. The van der Waals surface area contributed by atoms with Crippen LogP contribution < -0.4 is 10.2 Å². The van der Waals surface area contributed by atoms with Crippen LogP contribution in [0.5, 0.6) is 0 Å². The summed E-state index contributed by atoms with van der Waals surface area (Å²) in [6.45, 7) is 8.44. The lowest BCUT2D eigenvalue weighted by molar-refractivity contribution is 0.384. The SMILES string of the molecule is CCNc1nc(C)cc(N2CCN(S(=O)(=O)c3ccc(C)c(Cl)c3)CC2)n1. The first-order valence-corrected chi connectivity index (χ1v) is 10.7. The number of benzene rings is 1. The minimum Gasteiger partial charge on any atom is -0.354 e. The fourth-order valence-corrected chi connectivity index (χ4v) is 4.69. The van der Waals surface area contributed by atoms with E-state index in [9.17, 15) is 8.42 Å². The summed E-state index contributed by atoms with van der Waals surface area (Å²) >= 11 is 6.11. The fraction of sp³-hybridized carbons (Fsp3) is 0.444. The molecule has 1 aromatic heterocycles. The number of rotatable bonds is 5. The van der Waals surface area contributed by atoms with Gasteiger partial charge >= 0.3 is 0 Å². The number of hydrogen-bond acceptors (Lipinski definition) is 6. The number of anilines is 2. The standard InChI is InChI=1S/C18H24ClN5O2S/c1-4-20-18-21-14(3)11-17(22-18)23-7-9-24(10-8-23)27(25,26)15-6-5-13(2)16(19)12-15/h5-6,11-12H,4,7-10H2,1-3H3,(H,20,21,22). The van der Waals surface area contributed by atoms with E-state index in [4.69, 9.17) is 11.6 Å². The molecule has 0 radical (unpaired) electrons. The lowest BCUT2D eigenvalue weighted by atomic mass is 10.2. The number of hydrogen-bond donors (Lipinski definition) is 1. The molecule has 2 aromatic rings. The highest BCUT2D eigenvalue weighted by molar-refractivity contribution is 7.89. The second kappa shape index (κ2) is 8.00. The molecular weight excluding hydrogens is 386 g/mol. The van der Waals surface area contributed by atoms with Gasteiger partial charge in [-0.25, -0.2) is 13.4 Å². The van der Waals surface area contributed by atoms with Crippen LogP contribution in [0.2, 0.25) is 5.02 Å². The maximum atomic E-state index is 12.9. The summed E-state index contributed by atoms with van der Waals surface area (Å²) in [5.74, 6) is 1.41. The second-order valence-corrected chi connectivity index (χ2v) is 8.87. The van der Waals surface area contributed by atoms with Gasteiger partial charge in [-0.05, 0) is 38.5 Å². The normalized spacial score (nSPS) is 15.8. The molecule has 27 heavy (non-hydrogen) atoms. The number of nitrogens with one attached hydrogen (secondary N) is 1. The topological polar surface area (TPSA) is 78.4 Å². The Bertz CT molecular complexity index is 927. The molecule has 9 heteroatoms. The zero-order valence-corrected chi connectivity index (χ0v) is 17.3. The third kappa shape index (κ3) is 4.34. The van der Waals surface area contributed by atoms with E-state index in [-0.39, 0.29) is 4.90 Å². The van der Waals surface area contributed by atoms with Crippen LogP contribution in [0.1, 0.15) is 18.2 Å². The number of sulfonamides is 1. The average Bonchev–Trinajstić information content (AvgIpc) is 2.64. The number of nitrogens with zero attached hydrogens (tertiary/aromatic N) is 4. The molecule has 0 atom stereocenters. The largest absolute Gasteiger partial charge is 0.354 e. The van der Waals surface area contributed by atoms with Gasteiger partial charge in [0.15, 0.2) is 0 Å². The van der Waals surface area contributed by atoms with Crippen LogP contribution in [0.25, 0.3) is 0 Å². The Morgan fingerprint density at radius 2 is 1.81 bits per heavy atom. The van der Waals surface area contributed by atoms with E-state index < -0.39 is 10.0 Å². The Morgan fingerprint density at radius 1 is 1.11 bits per heavy atom. The summed E-state index contributed by atoms with van der Waals surface area (Å²) in [6.07, 6.45) is 0. The molecular formula is C18H24ClN5O2S. The zero-order valence-electron chi connectivity index (χ0n) is 15.7.